The van der Waals surface area contributed by atoms with Crippen LogP contribution in [0.1, 0.15) is 0 Å². The fraction of sp³-hybridized carbons (Fsp3) is 0.0909. The number of nitrogens with one attached hydrogen (secondary N) is 1. The molecule has 1 heterocycles. The minimum Gasteiger partial charge on any atom is -0.388 e. The summed E-state index contributed by atoms with van der Waals surface area (Å²) in [4.78, 5) is 1.29. The van der Waals surface area contributed by atoms with Crippen LogP contribution in [0.15, 0.2) is 40.2 Å². The van der Waals surface area contributed by atoms with Crippen LogP contribution in [0.4, 0.5) is 5.69 Å². The van der Waals surface area contributed by atoms with Crippen molar-refractivity contribution in [2.75, 3.05) is 12.4 Å². The Hall–Kier alpha value is -0.800. The quantitative estimate of drug-likeness (QED) is 0.859. The van der Waals surface area contributed by atoms with Crippen molar-refractivity contribution in [2.45, 2.75) is 0 Å². The molecule has 0 spiro atoms. The van der Waals surface area contributed by atoms with Crippen LogP contribution in [-0.4, -0.2) is 7.05 Å². The minimum absolute atomic E-state index is 1.15. The number of hydrogen-bond donors (Lipinski definition) is 1. The zero-order valence-electron chi connectivity index (χ0n) is 7.75. The Balaban J connectivity index is 2.41. The van der Waals surface area contributed by atoms with E-state index in [1.54, 1.807) is 11.3 Å². The highest BCUT2D eigenvalue weighted by atomic mass is 79.9. The molecule has 1 N–H and O–H groups in total. The molecule has 2 aromatic rings. The topological polar surface area (TPSA) is 12.0 Å². The van der Waals surface area contributed by atoms with E-state index in [2.05, 4.69) is 57.0 Å². The van der Waals surface area contributed by atoms with E-state index in [1.807, 2.05) is 7.05 Å². The predicted octanol–water partition coefficient (Wildman–Crippen LogP) is 4.22. The minimum atomic E-state index is 1.15. The maximum atomic E-state index is 3.46. The molecule has 72 valence electrons. The maximum absolute atomic E-state index is 3.46. The normalized spacial score (nSPS) is 10.1. The van der Waals surface area contributed by atoms with E-state index in [-0.39, 0.29) is 0 Å². The van der Waals surface area contributed by atoms with Crippen molar-refractivity contribution in [1.82, 2.24) is 0 Å². The molecular formula is C11H10BrNS. The van der Waals surface area contributed by atoms with Gasteiger partial charge in [-0.05, 0) is 39.7 Å². The first-order chi connectivity index (χ1) is 6.79. The van der Waals surface area contributed by atoms with E-state index in [1.165, 1.54) is 10.4 Å². The second kappa shape index (κ2) is 4.15. The molecule has 1 nitrogen and oxygen atoms in total. The summed E-state index contributed by atoms with van der Waals surface area (Å²) >= 11 is 5.21. The smallest absolute Gasteiger partial charge is 0.0355 e. The Morgan fingerprint density at radius 2 is 2.14 bits per heavy atom. The van der Waals surface area contributed by atoms with Crippen molar-refractivity contribution in [3.8, 4) is 10.4 Å². The van der Waals surface area contributed by atoms with Gasteiger partial charge in [-0.2, -0.15) is 0 Å². The molecule has 0 aliphatic heterocycles. The lowest BCUT2D eigenvalue weighted by Crippen LogP contribution is -1.86. The van der Waals surface area contributed by atoms with Crippen molar-refractivity contribution >= 4 is 33.0 Å². The average Bonchev–Trinajstić information content (AvgIpc) is 2.65. The summed E-state index contributed by atoms with van der Waals surface area (Å²) in [6, 6.07) is 10.5. The number of hydrogen-bond acceptors (Lipinski definition) is 2. The summed E-state index contributed by atoms with van der Waals surface area (Å²) in [6.45, 7) is 0. The summed E-state index contributed by atoms with van der Waals surface area (Å²) in [5, 5.41) is 5.24. The highest BCUT2D eigenvalue weighted by molar-refractivity contribution is 9.10. The van der Waals surface area contributed by atoms with Gasteiger partial charge in [0.15, 0.2) is 0 Å². The lowest BCUT2D eigenvalue weighted by Gasteiger charge is -2.01. The van der Waals surface area contributed by atoms with Gasteiger partial charge in [-0.1, -0.05) is 12.1 Å². The Labute approximate surface area is 95.9 Å². The largest absolute Gasteiger partial charge is 0.388 e. The molecule has 0 unspecified atom stereocenters. The SMILES string of the molecule is CNc1cccc(-c2cc(Br)cs2)c1. The molecule has 0 saturated heterocycles. The van der Waals surface area contributed by atoms with Gasteiger partial charge >= 0.3 is 0 Å². The van der Waals surface area contributed by atoms with Crippen molar-refractivity contribution < 1.29 is 0 Å². The van der Waals surface area contributed by atoms with Crippen molar-refractivity contribution in [1.29, 1.82) is 0 Å². The van der Waals surface area contributed by atoms with Gasteiger partial charge < -0.3 is 5.32 Å². The third-order valence-electron chi connectivity index (χ3n) is 2.00. The van der Waals surface area contributed by atoms with Crippen LogP contribution in [0.5, 0.6) is 0 Å². The Morgan fingerprint density at radius 3 is 2.79 bits per heavy atom. The van der Waals surface area contributed by atoms with Crippen LogP contribution in [0, 0.1) is 0 Å². The van der Waals surface area contributed by atoms with E-state index in [4.69, 9.17) is 0 Å². The molecule has 1 aromatic heterocycles. The molecule has 1 aromatic carbocycles. The maximum Gasteiger partial charge on any atom is 0.0355 e. The number of thiophene rings is 1. The Morgan fingerprint density at radius 1 is 1.29 bits per heavy atom. The van der Waals surface area contributed by atoms with E-state index < -0.39 is 0 Å². The van der Waals surface area contributed by atoms with E-state index >= 15 is 0 Å². The van der Waals surface area contributed by atoms with Crippen LogP contribution in [-0.2, 0) is 0 Å². The van der Waals surface area contributed by atoms with Crippen LogP contribution in [0.2, 0.25) is 0 Å². The zero-order chi connectivity index (χ0) is 9.97. The van der Waals surface area contributed by atoms with Crippen LogP contribution in [0.3, 0.4) is 0 Å². The third-order valence-corrected chi connectivity index (χ3v) is 3.74. The van der Waals surface area contributed by atoms with E-state index in [0.29, 0.717) is 0 Å². The van der Waals surface area contributed by atoms with Gasteiger partial charge in [0, 0.05) is 27.5 Å². The van der Waals surface area contributed by atoms with Gasteiger partial charge in [0.1, 0.15) is 0 Å². The highest BCUT2D eigenvalue weighted by Gasteiger charge is 2.01. The third kappa shape index (κ3) is 1.99. The monoisotopic (exact) mass is 267 g/mol. The summed E-state index contributed by atoms with van der Waals surface area (Å²) in [5.41, 5.74) is 2.40. The second-order valence-electron chi connectivity index (χ2n) is 2.96. The summed E-state index contributed by atoms with van der Waals surface area (Å²) in [6.07, 6.45) is 0. The lowest BCUT2D eigenvalue weighted by molar-refractivity contribution is 1.51. The first-order valence-electron chi connectivity index (χ1n) is 4.32. The van der Waals surface area contributed by atoms with Crippen molar-refractivity contribution in [3.05, 3.63) is 40.2 Å². The Kier molecular flexibility index (Phi) is 2.89. The lowest BCUT2D eigenvalue weighted by atomic mass is 10.2. The fourth-order valence-electron chi connectivity index (χ4n) is 1.29. The summed E-state index contributed by atoms with van der Waals surface area (Å²) in [7, 11) is 1.93. The first kappa shape index (κ1) is 9.74. The van der Waals surface area contributed by atoms with Gasteiger partial charge in [-0.15, -0.1) is 11.3 Å². The second-order valence-corrected chi connectivity index (χ2v) is 4.79. The van der Waals surface area contributed by atoms with Gasteiger partial charge in [0.25, 0.3) is 0 Å². The fourth-order valence-corrected chi connectivity index (χ4v) is 2.72. The van der Waals surface area contributed by atoms with Gasteiger partial charge in [0.05, 0.1) is 0 Å². The summed E-state index contributed by atoms with van der Waals surface area (Å²) < 4.78 is 1.15. The molecule has 0 bridgehead atoms. The van der Waals surface area contributed by atoms with E-state index in [0.717, 1.165) is 10.2 Å². The molecule has 0 atom stereocenters. The van der Waals surface area contributed by atoms with Gasteiger partial charge in [-0.25, -0.2) is 0 Å². The van der Waals surface area contributed by atoms with Crippen LogP contribution >= 0.6 is 27.3 Å². The molecule has 3 heteroatoms. The molecule has 14 heavy (non-hydrogen) atoms. The van der Waals surface area contributed by atoms with Gasteiger partial charge in [-0.3, -0.25) is 0 Å². The number of benzene rings is 1. The number of rotatable bonds is 2. The number of halogens is 1. The Bertz CT molecular complexity index is 436. The van der Waals surface area contributed by atoms with Gasteiger partial charge in [0.2, 0.25) is 0 Å². The van der Waals surface area contributed by atoms with Crippen LogP contribution < -0.4 is 5.32 Å². The standard InChI is InChI=1S/C11H10BrNS/c1-13-10-4-2-3-8(5-10)11-6-9(12)7-14-11/h2-7,13H,1H3. The molecule has 0 aliphatic rings. The predicted molar refractivity (Wildman–Crippen MR) is 67.0 cm³/mol. The highest BCUT2D eigenvalue weighted by Crippen LogP contribution is 2.30. The molecule has 0 saturated carbocycles. The molecule has 0 aliphatic carbocycles. The number of anilines is 1. The zero-order valence-corrected chi connectivity index (χ0v) is 10.2. The average molecular weight is 268 g/mol. The first-order valence-corrected chi connectivity index (χ1v) is 5.99. The van der Waals surface area contributed by atoms with E-state index in [9.17, 15) is 0 Å². The van der Waals surface area contributed by atoms with Crippen LogP contribution in [0.25, 0.3) is 10.4 Å². The molecule has 0 fully saturated rings. The summed E-state index contributed by atoms with van der Waals surface area (Å²) in [5.74, 6) is 0. The molecule has 0 amide bonds. The van der Waals surface area contributed by atoms with Crippen molar-refractivity contribution in [2.24, 2.45) is 0 Å². The molecule has 0 radical (unpaired) electrons. The molecular weight excluding hydrogens is 258 g/mol. The molecule has 2 rings (SSSR count). The van der Waals surface area contributed by atoms with Crippen molar-refractivity contribution in [3.63, 3.8) is 0 Å².